The first-order chi connectivity index (χ1) is 11.3. The van der Waals surface area contributed by atoms with Gasteiger partial charge < -0.3 is 13.8 Å². The summed E-state index contributed by atoms with van der Waals surface area (Å²) in [5.41, 5.74) is 4.58. The first-order valence-corrected chi connectivity index (χ1v) is 8.00. The van der Waals surface area contributed by atoms with Crippen molar-refractivity contribution in [2.24, 2.45) is 0 Å². The van der Waals surface area contributed by atoms with Gasteiger partial charge >= 0.3 is 0 Å². The zero-order valence-electron chi connectivity index (χ0n) is 12.8. The summed E-state index contributed by atoms with van der Waals surface area (Å²) in [7, 11) is 0. The predicted molar refractivity (Wildman–Crippen MR) is 80.0 cm³/mol. The van der Waals surface area contributed by atoms with Crippen molar-refractivity contribution in [3.63, 3.8) is 0 Å². The second-order valence-electron chi connectivity index (χ2n) is 6.23. The Labute approximate surface area is 132 Å². The van der Waals surface area contributed by atoms with Crippen LogP contribution in [0.25, 0.3) is 22.6 Å². The van der Waals surface area contributed by atoms with Gasteiger partial charge in [0.25, 0.3) is 11.6 Å². The number of aromatic nitrogens is 4. The van der Waals surface area contributed by atoms with Gasteiger partial charge in [0.1, 0.15) is 0 Å². The van der Waals surface area contributed by atoms with Crippen molar-refractivity contribution in [1.82, 2.24) is 20.3 Å². The largest absolute Gasteiger partial charge is 0.381 e. The SMILES string of the molecule is Cc1noc2nc3c(c(-c4nc([C@H]5CCOC5)no4)c12)CCC3. The zero-order valence-corrected chi connectivity index (χ0v) is 12.8. The highest BCUT2D eigenvalue weighted by atomic mass is 16.5. The van der Waals surface area contributed by atoms with Crippen LogP contribution in [-0.2, 0) is 17.6 Å². The fourth-order valence-electron chi connectivity index (χ4n) is 3.59. The summed E-state index contributed by atoms with van der Waals surface area (Å²) in [5, 5.41) is 9.13. The maximum Gasteiger partial charge on any atom is 0.259 e. The van der Waals surface area contributed by atoms with Crippen molar-refractivity contribution in [1.29, 1.82) is 0 Å². The van der Waals surface area contributed by atoms with E-state index in [1.54, 1.807) is 0 Å². The highest BCUT2D eigenvalue weighted by molar-refractivity contribution is 5.93. The summed E-state index contributed by atoms with van der Waals surface area (Å²) in [6.45, 7) is 3.34. The molecular formula is C16H16N4O3. The highest BCUT2D eigenvalue weighted by Gasteiger charge is 2.29. The lowest BCUT2D eigenvalue weighted by Gasteiger charge is -2.05. The number of ether oxygens (including phenoxy) is 1. The van der Waals surface area contributed by atoms with Crippen LogP contribution in [-0.4, -0.2) is 33.5 Å². The monoisotopic (exact) mass is 312 g/mol. The van der Waals surface area contributed by atoms with Crippen LogP contribution < -0.4 is 0 Å². The maximum atomic E-state index is 5.61. The lowest BCUT2D eigenvalue weighted by Crippen LogP contribution is -2.00. The first kappa shape index (κ1) is 13.2. The average molecular weight is 312 g/mol. The van der Waals surface area contributed by atoms with Crippen LogP contribution in [0, 0.1) is 6.92 Å². The normalized spacial score (nSPS) is 20.5. The van der Waals surface area contributed by atoms with Gasteiger partial charge in [-0.1, -0.05) is 10.3 Å². The van der Waals surface area contributed by atoms with Crippen LogP contribution in [0.15, 0.2) is 9.05 Å². The van der Waals surface area contributed by atoms with E-state index in [1.165, 1.54) is 5.56 Å². The maximum absolute atomic E-state index is 5.61. The molecule has 1 aliphatic heterocycles. The molecule has 0 saturated carbocycles. The van der Waals surface area contributed by atoms with Gasteiger partial charge in [0.2, 0.25) is 0 Å². The van der Waals surface area contributed by atoms with Gasteiger partial charge in [0.05, 0.1) is 23.3 Å². The molecule has 3 aromatic heterocycles. The minimum atomic E-state index is 0.224. The van der Waals surface area contributed by atoms with Crippen molar-refractivity contribution in [3.05, 3.63) is 22.8 Å². The summed E-state index contributed by atoms with van der Waals surface area (Å²) in [6.07, 6.45) is 3.96. The van der Waals surface area contributed by atoms with E-state index in [0.29, 0.717) is 18.2 Å². The van der Waals surface area contributed by atoms with Crippen LogP contribution in [0.4, 0.5) is 0 Å². The fraction of sp³-hybridized carbons (Fsp3) is 0.500. The van der Waals surface area contributed by atoms with Gasteiger partial charge in [-0.15, -0.1) is 0 Å². The molecule has 2 aliphatic rings. The standard InChI is InChI=1S/C16H16N4O3/c1-8-12-13(10-3-2-4-11(10)17-15(12)22-19-8)16-18-14(20-23-16)9-5-6-21-7-9/h9H,2-7H2,1H3/t9-/m0/s1. The van der Waals surface area contributed by atoms with Crippen molar-refractivity contribution >= 4 is 11.1 Å². The smallest absolute Gasteiger partial charge is 0.259 e. The number of rotatable bonds is 2. The Morgan fingerprint density at radius 3 is 2.91 bits per heavy atom. The molecule has 7 heteroatoms. The molecule has 1 aliphatic carbocycles. The van der Waals surface area contributed by atoms with Gasteiger partial charge in [0, 0.05) is 18.2 Å². The van der Waals surface area contributed by atoms with E-state index in [-0.39, 0.29) is 5.92 Å². The third kappa shape index (κ3) is 1.92. The number of pyridine rings is 1. The van der Waals surface area contributed by atoms with E-state index in [2.05, 4.69) is 20.3 Å². The molecule has 0 amide bonds. The Hall–Kier alpha value is -2.28. The summed E-state index contributed by atoms with van der Waals surface area (Å²) in [5.74, 6) is 1.49. The van der Waals surface area contributed by atoms with E-state index in [1.807, 2.05) is 6.92 Å². The third-order valence-corrected chi connectivity index (χ3v) is 4.77. The minimum absolute atomic E-state index is 0.224. The van der Waals surface area contributed by atoms with Gasteiger partial charge in [-0.05, 0) is 38.2 Å². The van der Waals surface area contributed by atoms with Crippen LogP contribution in [0.5, 0.6) is 0 Å². The van der Waals surface area contributed by atoms with Crippen LogP contribution >= 0.6 is 0 Å². The molecule has 23 heavy (non-hydrogen) atoms. The molecule has 0 bridgehead atoms. The second kappa shape index (κ2) is 4.86. The van der Waals surface area contributed by atoms with Crippen LogP contribution in [0.1, 0.15) is 41.5 Å². The lowest BCUT2D eigenvalue weighted by atomic mass is 10.0. The van der Waals surface area contributed by atoms with Crippen LogP contribution in [0.3, 0.4) is 0 Å². The lowest BCUT2D eigenvalue weighted by molar-refractivity contribution is 0.192. The Bertz CT molecular complexity index is 892. The van der Waals surface area contributed by atoms with Gasteiger partial charge in [-0.3, -0.25) is 0 Å². The average Bonchev–Trinajstić information content (AvgIpc) is 3.33. The van der Waals surface area contributed by atoms with E-state index in [0.717, 1.165) is 60.5 Å². The molecule has 0 N–H and O–H groups in total. The minimum Gasteiger partial charge on any atom is -0.381 e. The second-order valence-corrected chi connectivity index (χ2v) is 6.23. The van der Waals surface area contributed by atoms with E-state index in [9.17, 15) is 0 Å². The van der Waals surface area contributed by atoms with Gasteiger partial charge in [-0.25, -0.2) is 4.98 Å². The number of fused-ring (bicyclic) bond motifs is 2. The summed E-state index contributed by atoms with van der Waals surface area (Å²) in [4.78, 5) is 9.26. The molecule has 0 radical (unpaired) electrons. The van der Waals surface area contributed by atoms with Gasteiger partial charge in [-0.2, -0.15) is 4.98 Å². The molecule has 7 nitrogen and oxygen atoms in total. The van der Waals surface area contributed by atoms with Crippen molar-refractivity contribution in [3.8, 4) is 11.5 Å². The fourth-order valence-corrected chi connectivity index (χ4v) is 3.59. The zero-order chi connectivity index (χ0) is 15.4. The molecule has 3 aromatic rings. The topological polar surface area (TPSA) is 87.1 Å². The molecule has 0 spiro atoms. The molecule has 1 fully saturated rings. The molecule has 5 rings (SSSR count). The summed E-state index contributed by atoms with van der Waals surface area (Å²) >= 11 is 0. The first-order valence-electron chi connectivity index (χ1n) is 8.00. The van der Waals surface area contributed by atoms with Crippen LogP contribution in [0.2, 0.25) is 0 Å². The Morgan fingerprint density at radius 1 is 1.09 bits per heavy atom. The quantitative estimate of drug-likeness (QED) is 0.718. The summed E-state index contributed by atoms with van der Waals surface area (Å²) < 4.78 is 16.4. The molecule has 1 atom stereocenters. The molecule has 118 valence electrons. The van der Waals surface area contributed by atoms with Crippen molar-refractivity contribution < 1.29 is 13.8 Å². The molecule has 0 unspecified atom stereocenters. The van der Waals surface area contributed by atoms with Crippen molar-refractivity contribution in [2.75, 3.05) is 13.2 Å². The molecule has 1 saturated heterocycles. The Morgan fingerprint density at radius 2 is 2.04 bits per heavy atom. The van der Waals surface area contributed by atoms with Crippen molar-refractivity contribution in [2.45, 2.75) is 38.5 Å². The molecule has 0 aromatic carbocycles. The highest BCUT2D eigenvalue weighted by Crippen LogP contribution is 2.38. The summed E-state index contributed by atoms with van der Waals surface area (Å²) in [6, 6.07) is 0. The van der Waals surface area contributed by atoms with E-state index >= 15 is 0 Å². The molecular weight excluding hydrogens is 296 g/mol. The molecule has 4 heterocycles. The Kier molecular flexibility index (Phi) is 2.78. The number of hydrogen-bond donors (Lipinski definition) is 0. The predicted octanol–water partition coefficient (Wildman–Crippen LogP) is 2.57. The number of hydrogen-bond acceptors (Lipinski definition) is 7. The number of aryl methyl sites for hydroxylation is 2. The third-order valence-electron chi connectivity index (χ3n) is 4.77. The Balaban J connectivity index is 1.71. The van der Waals surface area contributed by atoms with Gasteiger partial charge in [0.15, 0.2) is 5.82 Å². The van der Waals surface area contributed by atoms with E-state index < -0.39 is 0 Å². The van der Waals surface area contributed by atoms with E-state index in [4.69, 9.17) is 13.8 Å². The number of nitrogens with zero attached hydrogens (tertiary/aromatic N) is 4.